The van der Waals surface area contributed by atoms with Crippen molar-refractivity contribution < 1.29 is 13.6 Å². The Kier molecular flexibility index (Phi) is 3.99. The first-order chi connectivity index (χ1) is 13.3. The lowest BCUT2D eigenvalue weighted by Crippen LogP contribution is -2.15. The van der Waals surface area contributed by atoms with Gasteiger partial charge in [-0.1, -0.05) is 17.7 Å². The zero-order chi connectivity index (χ0) is 20.0. The molecule has 0 atom stereocenters. The molecule has 2 aromatic carbocycles. The van der Waals surface area contributed by atoms with E-state index in [1.807, 2.05) is 19.1 Å². The van der Waals surface area contributed by atoms with Crippen LogP contribution in [0.15, 0.2) is 47.3 Å². The molecule has 0 spiro atoms. The average Bonchev–Trinajstić information content (AvgIpc) is 2.99. The van der Waals surface area contributed by atoms with Crippen molar-refractivity contribution in [3.05, 3.63) is 75.8 Å². The minimum Gasteiger partial charge on any atom is -0.364 e. The Morgan fingerprint density at radius 1 is 1.07 bits per heavy atom. The second-order valence-corrected chi connectivity index (χ2v) is 6.19. The molecule has 0 bridgehead atoms. The number of rotatable bonds is 3. The van der Waals surface area contributed by atoms with Gasteiger partial charge in [0.1, 0.15) is 5.52 Å². The van der Waals surface area contributed by atoms with E-state index in [4.69, 9.17) is 5.73 Å². The number of aromatic amines is 1. The van der Waals surface area contributed by atoms with E-state index in [1.165, 1.54) is 10.6 Å². The standard InChI is InChI=1S/C19H13F2N5O2/c1-9-2-5-11(6-3-9)26-18-15(24-19(26)28)14(16(22)27)23-17(25-18)10-4-7-12(20)13(21)8-10/h2-8H,1H3,(H2,22,27)(H,24,28). The van der Waals surface area contributed by atoms with Gasteiger partial charge in [0.25, 0.3) is 5.91 Å². The molecule has 0 radical (unpaired) electrons. The van der Waals surface area contributed by atoms with E-state index in [9.17, 15) is 18.4 Å². The van der Waals surface area contributed by atoms with E-state index in [0.717, 1.165) is 17.7 Å². The number of benzene rings is 2. The van der Waals surface area contributed by atoms with Crippen LogP contribution in [0.1, 0.15) is 16.1 Å². The van der Waals surface area contributed by atoms with Crippen LogP contribution in [0.3, 0.4) is 0 Å². The molecule has 2 aromatic heterocycles. The lowest BCUT2D eigenvalue weighted by molar-refractivity contribution is 0.0997. The van der Waals surface area contributed by atoms with Gasteiger partial charge in [-0.15, -0.1) is 0 Å². The maximum Gasteiger partial charge on any atom is 0.332 e. The van der Waals surface area contributed by atoms with Crippen molar-refractivity contribution in [1.82, 2.24) is 19.5 Å². The second-order valence-electron chi connectivity index (χ2n) is 6.19. The van der Waals surface area contributed by atoms with Crippen molar-refractivity contribution in [3.8, 4) is 17.1 Å². The Balaban J connectivity index is 2.04. The zero-order valence-corrected chi connectivity index (χ0v) is 14.5. The highest BCUT2D eigenvalue weighted by atomic mass is 19.2. The van der Waals surface area contributed by atoms with Crippen LogP contribution >= 0.6 is 0 Å². The summed E-state index contributed by atoms with van der Waals surface area (Å²) in [6, 6.07) is 10.2. The first kappa shape index (κ1) is 17.5. The molecule has 0 fully saturated rings. The highest BCUT2D eigenvalue weighted by molar-refractivity contribution is 6.02. The first-order valence-electron chi connectivity index (χ1n) is 8.20. The predicted octanol–water partition coefficient (Wildman–Crippen LogP) is 2.46. The number of carbonyl (C=O) groups excluding carboxylic acids is 1. The summed E-state index contributed by atoms with van der Waals surface area (Å²) in [5.41, 5.74) is 6.42. The van der Waals surface area contributed by atoms with Gasteiger partial charge in [0.05, 0.1) is 5.69 Å². The van der Waals surface area contributed by atoms with Crippen LogP contribution in [0.5, 0.6) is 0 Å². The third-order valence-corrected chi connectivity index (χ3v) is 4.24. The van der Waals surface area contributed by atoms with Gasteiger partial charge in [-0.3, -0.25) is 4.79 Å². The van der Waals surface area contributed by atoms with Gasteiger partial charge in [-0.05, 0) is 37.3 Å². The van der Waals surface area contributed by atoms with Gasteiger partial charge in [-0.2, -0.15) is 0 Å². The van der Waals surface area contributed by atoms with E-state index in [1.54, 1.807) is 12.1 Å². The van der Waals surface area contributed by atoms with Crippen LogP contribution < -0.4 is 11.4 Å². The molecule has 2 heterocycles. The Morgan fingerprint density at radius 2 is 1.79 bits per heavy atom. The largest absolute Gasteiger partial charge is 0.364 e. The van der Waals surface area contributed by atoms with E-state index < -0.39 is 23.2 Å². The molecule has 9 heteroatoms. The summed E-state index contributed by atoms with van der Waals surface area (Å²) >= 11 is 0. The van der Waals surface area contributed by atoms with Gasteiger partial charge in [0.15, 0.2) is 28.8 Å². The number of nitrogens with one attached hydrogen (secondary N) is 1. The Labute approximate surface area is 156 Å². The summed E-state index contributed by atoms with van der Waals surface area (Å²) in [5.74, 6) is -3.08. The number of amides is 1. The minimum absolute atomic E-state index is 0.0596. The number of hydrogen-bond donors (Lipinski definition) is 2. The number of nitrogens with two attached hydrogens (primary N) is 1. The van der Waals surface area contributed by atoms with Crippen LogP contribution in [0, 0.1) is 18.6 Å². The third kappa shape index (κ3) is 2.82. The normalized spacial score (nSPS) is 11.1. The molecule has 4 aromatic rings. The number of H-pyrrole nitrogens is 1. The van der Waals surface area contributed by atoms with Crippen LogP contribution in [-0.4, -0.2) is 25.4 Å². The number of aryl methyl sites for hydroxylation is 1. The lowest BCUT2D eigenvalue weighted by atomic mass is 10.2. The summed E-state index contributed by atoms with van der Waals surface area (Å²) in [6.45, 7) is 1.90. The fourth-order valence-corrected chi connectivity index (χ4v) is 2.86. The van der Waals surface area contributed by atoms with E-state index in [-0.39, 0.29) is 28.2 Å². The Bertz CT molecular complexity index is 1290. The lowest BCUT2D eigenvalue weighted by Gasteiger charge is -2.07. The van der Waals surface area contributed by atoms with Crippen LogP contribution in [0.2, 0.25) is 0 Å². The number of hydrogen-bond acceptors (Lipinski definition) is 4. The molecule has 7 nitrogen and oxygen atoms in total. The van der Waals surface area contributed by atoms with Gasteiger partial charge >= 0.3 is 5.69 Å². The molecule has 0 aliphatic carbocycles. The van der Waals surface area contributed by atoms with E-state index in [0.29, 0.717) is 5.69 Å². The molecular formula is C19H13F2N5O2. The Hall–Kier alpha value is -3.88. The highest BCUT2D eigenvalue weighted by Gasteiger charge is 2.20. The first-order valence-corrected chi connectivity index (χ1v) is 8.20. The van der Waals surface area contributed by atoms with Crippen LogP contribution in [0.25, 0.3) is 28.2 Å². The zero-order valence-electron chi connectivity index (χ0n) is 14.5. The van der Waals surface area contributed by atoms with E-state index in [2.05, 4.69) is 15.0 Å². The van der Waals surface area contributed by atoms with Crippen molar-refractivity contribution in [3.63, 3.8) is 0 Å². The molecule has 140 valence electrons. The molecule has 0 saturated carbocycles. The van der Waals surface area contributed by atoms with Crippen molar-refractivity contribution in [2.45, 2.75) is 6.92 Å². The number of fused-ring (bicyclic) bond motifs is 1. The topological polar surface area (TPSA) is 107 Å². The van der Waals surface area contributed by atoms with Crippen molar-refractivity contribution in [2.24, 2.45) is 5.73 Å². The van der Waals surface area contributed by atoms with E-state index >= 15 is 0 Å². The van der Waals surface area contributed by atoms with Gasteiger partial charge < -0.3 is 10.7 Å². The molecule has 0 aliphatic rings. The van der Waals surface area contributed by atoms with Crippen molar-refractivity contribution in [2.75, 3.05) is 0 Å². The number of primary amides is 1. The van der Waals surface area contributed by atoms with Gasteiger partial charge in [0, 0.05) is 5.56 Å². The molecule has 0 aliphatic heterocycles. The number of halogens is 2. The quantitative estimate of drug-likeness (QED) is 0.568. The Morgan fingerprint density at radius 3 is 2.43 bits per heavy atom. The van der Waals surface area contributed by atoms with Crippen LogP contribution in [0.4, 0.5) is 8.78 Å². The van der Waals surface area contributed by atoms with Gasteiger partial charge in [-0.25, -0.2) is 28.1 Å². The molecule has 0 saturated heterocycles. The molecule has 1 amide bonds. The van der Waals surface area contributed by atoms with Crippen molar-refractivity contribution in [1.29, 1.82) is 0 Å². The fraction of sp³-hybridized carbons (Fsp3) is 0.0526. The van der Waals surface area contributed by atoms with Gasteiger partial charge in [0.2, 0.25) is 0 Å². The molecule has 4 rings (SSSR count). The molecule has 0 unspecified atom stereocenters. The molecule has 3 N–H and O–H groups in total. The third-order valence-electron chi connectivity index (χ3n) is 4.24. The predicted molar refractivity (Wildman–Crippen MR) is 98.1 cm³/mol. The SMILES string of the molecule is Cc1ccc(-n2c(=O)[nH]c3c(C(N)=O)nc(-c4ccc(F)c(F)c4)nc32)cc1. The second kappa shape index (κ2) is 6.38. The summed E-state index contributed by atoms with van der Waals surface area (Å²) in [7, 11) is 0. The maximum atomic E-state index is 13.6. The average molecular weight is 381 g/mol. The fourth-order valence-electron chi connectivity index (χ4n) is 2.86. The number of carbonyl (C=O) groups is 1. The highest BCUT2D eigenvalue weighted by Crippen LogP contribution is 2.23. The summed E-state index contributed by atoms with van der Waals surface area (Å²) in [4.78, 5) is 35.3. The summed E-state index contributed by atoms with van der Waals surface area (Å²) in [6.07, 6.45) is 0. The van der Waals surface area contributed by atoms with Crippen molar-refractivity contribution >= 4 is 17.1 Å². The minimum atomic E-state index is -1.09. The van der Waals surface area contributed by atoms with Crippen LogP contribution in [-0.2, 0) is 0 Å². The number of aromatic nitrogens is 4. The summed E-state index contributed by atoms with van der Waals surface area (Å²) < 4.78 is 28.2. The number of nitrogens with zero attached hydrogens (tertiary/aromatic N) is 3. The molecular weight excluding hydrogens is 368 g/mol. The molecule has 28 heavy (non-hydrogen) atoms. The summed E-state index contributed by atoms with van der Waals surface area (Å²) in [5, 5.41) is 0. The number of imidazole rings is 1. The maximum absolute atomic E-state index is 13.6. The smallest absolute Gasteiger partial charge is 0.332 e. The monoisotopic (exact) mass is 381 g/mol.